The van der Waals surface area contributed by atoms with Gasteiger partial charge in [-0.3, -0.25) is 25.2 Å². The smallest absolute Gasteiger partial charge is 0.306 e. The zero-order valence-corrected chi connectivity index (χ0v) is 12.0. The predicted molar refractivity (Wildman–Crippen MR) is 74.2 cm³/mol. The molecule has 1 aromatic carbocycles. The zero-order chi connectivity index (χ0) is 15.7. The standard InChI is InChI=1S/C14H18N2O5/c1-10-5-3-4-6-11(10)21-9-13(18)16-15-12(17)7-8-14(19)20-2/h3-6H,7-9H2,1-2H3,(H,15,17)(H,16,18). The normalized spacial score (nSPS) is 9.62. The van der Waals surface area contributed by atoms with E-state index in [9.17, 15) is 14.4 Å². The Hall–Kier alpha value is -2.57. The quantitative estimate of drug-likeness (QED) is 0.588. The highest BCUT2D eigenvalue weighted by atomic mass is 16.5. The largest absolute Gasteiger partial charge is 0.483 e. The number of ether oxygens (including phenoxy) is 2. The van der Waals surface area contributed by atoms with E-state index >= 15 is 0 Å². The van der Waals surface area contributed by atoms with Crippen molar-refractivity contribution in [2.75, 3.05) is 13.7 Å². The molecule has 0 aliphatic carbocycles. The molecule has 0 heterocycles. The van der Waals surface area contributed by atoms with Crippen molar-refractivity contribution in [3.8, 4) is 5.75 Å². The van der Waals surface area contributed by atoms with E-state index in [0.29, 0.717) is 5.75 Å². The molecule has 0 atom stereocenters. The molecule has 0 bridgehead atoms. The molecule has 0 unspecified atom stereocenters. The van der Waals surface area contributed by atoms with Gasteiger partial charge in [0, 0.05) is 6.42 Å². The van der Waals surface area contributed by atoms with E-state index in [1.807, 2.05) is 19.1 Å². The molecule has 21 heavy (non-hydrogen) atoms. The van der Waals surface area contributed by atoms with Crippen LogP contribution in [0.4, 0.5) is 0 Å². The second kappa shape index (κ2) is 8.57. The summed E-state index contributed by atoms with van der Waals surface area (Å²) in [6.07, 6.45) is -0.108. The van der Waals surface area contributed by atoms with Crippen LogP contribution in [0.25, 0.3) is 0 Å². The zero-order valence-electron chi connectivity index (χ0n) is 12.0. The van der Waals surface area contributed by atoms with E-state index < -0.39 is 17.8 Å². The first-order valence-electron chi connectivity index (χ1n) is 6.36. The summed E-state index contributed by atoms with van der Waals surface area (Å²) < 4.78 is 9.71. The van der Waals surface area contributed by atoms with E-state index in [-0.39, 0.29) is 19.4 Å². The van der Waals surface area contributed by atoms with E-state index in [4.69, 9.17) is 4.74 Å². The first kappa shape index (κ1) is 16.5. The third kappa shape index (κ3) is 6.42. The Labute approximate surface area is 122 Å². The maximum absolute atomic E-state index is 11.5. The van der Waals surface area contributed by atoms with Gasteiger partial charge in [0.1, 0.15) is 5.75 Å². The van der Waals surface area contributed by atoms with Gasteiger partial charge in [-0.25, -0.2) is 0 Å². The van der Waals surface area contributed by atoms with Crippen LogP contribution in [0.5, 0.6) is 5.75 Å². The Bertz CT molecular complexity index is 516. The monoisotopic (exact) mass is 294 g/mol. The molecule has 0 spiro atoms. The first-order chi connectivity index (χ1) is 10.0. The third-order valence-electron chi connectivity index (χ3n) is 2.58. The summed E-state index contributed by atoms with van der Waals surface area (Å²) in [6, 6.07) is 7.28. The number of hydrazine groups is 1. The molecular weight excluding hydrogens is 276 g/mol. The molecule has 0 saturated carbocycles. The summed E-state index contributed by atoms with van der Waals surface area (Å²) >= 11 is 0. The second-order valence-corrected chi connectivity index (χ2v) is 4.23. The topological polar surface area (TPSA) is 93.7 Å². The summed E-state index contributed by atoms with van der Waals surface area (Å²) in [5.74, 6) is -0.863. The van der Waals surface area contributed by atoms with Crippen molar-refractivity contribution in [3.63, 3.8) is 0 Å². The highest BCUT2D eigenvalue weighted by Gasteiger charge is 2.08. The van der Waals surface area contributed by atoms with Crippen LogP contribution in [-0.2, 0) is 19.1 Å². The van der Waals surface area contributed by atoms with Crippen molar-refractivity contribution in [1.29, 1.82) is 0 Å². The molecule has 1 rings (SSSR count). The number of nitrogens with one attached hydrogen (secondary N) is 2. The number of amides is 2. The average Bonchev–Trinajstić information content (AvgIpc) is 2.49. The van der Waals surface area contributed by atoms with Gasteiger partial charge in [-0.1, -0.05) is 18.2 Å². The van der Waals surface area contributed by atoms with Gasteiger partial charge < -0.3 is 9.47 Å². The number of benzene rings is 1. The van der Waals surface area contributed by atoms with Gasteiger partial charge in [0.25, 0.3) is 5.91 Å². The highest BCUT2D eigenvalue weighted by Crippen LogP contribution is 2.15. The first-order valence-corrected chi connectivity index (χ1v) is 6.36. The highest BCUT2D eigenvalue weighted by molar-refractivity contribution is 5.84. The maximum atomic E-state index is 11.5. The fourth-order valence-electron chi connectivity index (χ4n) is 1.42. The minimum atomic E-state index is -0.496. The fraction of sp³-hybridized carbons (Fsp3) is 0.357. The van der Waals surface area contributed by atoms with E-state index in [0.717, 1.165) is 5.56 Å². The lowest BCUT2D eigenvalue weighted by Gasteiger charge is -2.10. The van der Waals surface area contributed by atoms with Crippen molar-refractivity contribution in [3.05, 3.63) is 29.8 Å². The second-order valence-electron chi connectivity index (χ2n) is 4.23. The molecule has 2 amide bonds. The summed E-state index contributed by atoms with van der Waals surface area (Å²) in [5, 5.41) is 0. The van der Waals surface area contributed by atoms with Gasteiger partial charge in [-0.05, 0) is 18.6 Å². The van der Waals surface area contributed by atoms with Crippen molar-refractivity contribution in [2.45, 2.75) is 19.8 Å². The van der Waals surface area contributed by atoms with Crippen LogP contribution < -0.4 is 15.6 Å². The number of esters is 1. The SMILES string of the molecule is COC(=O)CCC(=O)NNC(=O)COc1ccccc1C. The van der Waals surface area contributed by atoms with Crippen LogP contribution in [0, 0.1) is 6.92 Å². The Morgan fingerprint density at radius 3 is 2.38 bits per heavy atom. The van der Waals surface area contributed by atoms with Gasteiger partial charge in [0.05, 0.1) is 13.5 Å². The minimum Gasteiger partial charge on any atom is -0.483 e. The van der Waals surface area contributed by atoms with Gasteiger partial charge in [0.2, 0.25) is 5.91 Å². The lowest BCUT2D eigenvalue weighted by molar-refractivity contribution is -0.142. The predicted octanol–water partition coefficient (Wildman–Crippen LogP) is 0.474. The van der Waals surface area contributed by atoms with Crippen molar-refractivity contribution >= 4 is 17.8 Å². The third-order valence-corrected chi connectivity index (χ3v) is 2.58. The van der Waals surface area contributed by atoms with E-state index in [2.05, 4.69) is 15.6 Å². The van der Waals surface area contributed by atoms with Crippen molar-refractivity contribution in [2.24, 2.45) is 0 Å². The summed E-state index contributed by atoms with van der Waals surface area (Å²) in [4.78, 5) is 33.6. The van der Waals surface area contributed by atoms with Crippen LogP contribution in [0.2, 0.25) is 0 Å². The van der Waals surface area contributed by atoms with Crippen LogP contribution in [0.15, 0.2) is 24.3 Å². The Kier molecular flexibility index (Phi) is 6.73. The number of rotatable bonds is 6. The van der Waals surface area contributed by atoms with Crippen LogP contribution >= 0.6 is 0 Å². The number of methoxy groups -OCH3 is 1. The van der Waals surface area contributed by atoms with Crippen LogP contribution in [0.1, 0.15) is 18.4 Å². The van der Waals surface area contributed by atoms with E-state index in [1.165, 1.54) is 7.11 Å². The fourth-order valence-corrected chi connectivity index (χ4v) is 1.42. The molecule has 0 radical (unpaired) electrons. The molecule has 0 saturated heterocycles. The number of aryl methyl sites for hydroxylation is 1. The molecule has 0 aliphatic rings. The van der Waals surface area contributed by atoms with E-state index in [1.54, 1.807) is 12.1 Å². The molecule has 7 heteroatoms. The molecule has 0 aliphatic heterocycles. The van der Waals surface area contributed by atoms with Gasteiger partial charge in [0.15, 0.2) is 6.61 Å². The number of carbonyl (C=O) groups excluding carboxylic acids is 3. The maximum Gasteiger partial charge on any atom is 0.306 e. The van der Waals surface area contributed by atoms with Gasteiger partial charge in [-0.2, -0.15) is 0 Å². The Balaban J connectivity index is 2.24. The Morgan fingerprint density at radius 2 is 1.71 bits per heavy atom. The molecule has 7 nitrogen and oxygen atoms in total. The number of carbonyl (C=O) groups is 3. The Morgan fingerprint density at radius 1 is 1.05 bits per heavy atom. The summed E-state index contributed by atoms with van der Waals surface area (Å²) in [7, 11) is 1.24. The summed E-state index contributed by atoms with van der Waals surface area (Å²) in [6.45, 7) is 1.64. The lowest BCUT2D eigenvalue weighted by atomic mass is 10.2. The van der Waals surface area contributed by atoms with Gasteiger partial charge in [-0.15, -0.1) is 0 Å². The molecule has 1 aromatic rings. The summed E-state index contributed by atoms with van der Waals surface area (Å²) in [5.41, 5.74) is 5.29. The molecule has 0 fully saturated rings. The van der Waals surface area contributed by atoms with Gasteiger partial charge >= 0.3 is 5.97 Å². The van der Waals surface area contributed by atoms with Crippen molar-refractivity contribution < 1.29 is 23.9 Å². The van der Waals surface area contributed by atoms with Crippen LogP contribution in [-0.4, -0.2) is 31.5 Å². The molecule has 114 valence electrons. The number of hydrogen-bond acceptors (Lipinski definition) is 5. The molecule has 0 aromatic heterocycles. The molecule has 2 N–H and O–H groups in total. The molecular formula is C14H18N2O5. The number of hydrogen-bond donors (Lipinski definition) is 2. The van der Waals surface area contributed by atoms with Crippen LogP contribution in [0.3, 0.4) is 0 Å². The van der Waals surface area contributed by atoms with Crippen molar-refractivity contribution in [1.82, 2.24) is 10.9 Å². The number of para-hydroxylation sites is 1. The average molecular weight is 294 g/mol. The minimum absolute atomic E-state index is 0.0437. The lowest BCUT2D eigenvalue weighted by Crippen LogP contribution is -2.43.